The highest BCUT2D eigenvalue weighted by Gasteiger charge is 2.32. The number of hydrogen-bond acceptors (Lipinski definition) is 3. The lowest BCUT2D eigenvalue weighted by molar-refractivity contribution is -0.138. The van der Waals surface area contributed by atoms with Gasteiger partial charge >= 0.3 is 12.1 Å². The fourth-order valence-corrected chi connectivity index (χ4v) is 1.88. The molecule has 0 saturated heterocycles. The van der Waals surface area contributed by atoms with E-state index in [0.717, 1.165) is 6.07 Å². The quantitative estimate of drug-likeness (QED) is 0.905. The molecule has 0 amide bonds. The molecule has 1 heterocycles. The molecule has 0 bridgehead atoms. The van der Waals surface area contributed by atoms with Gasteiger partial charge in [0, 0.05) is 12.2 Å². The van der Waals surface area contributed by atoms with Crippen molar-refractivity contribution >= 4 is 23.4 Å². The van der Waals surface area contributed by atoms with E-state index in [1.54, 1.807) is 6.92 Å². The van der Waals surface area contributed by atoms with Crippen LogP contribution in [0.25, 0.3) is 0 Å². The molecule has 4 nitrogen and oxygen atoms in total. The van der Waals surface area contributed by atoms with Crippen molar-refractivity contribution in [2.75, 3.05) is 11.4 Å². The van der Waals surface area contributed by atoms with Crippen LogP contribution in [0.5, 0.6) is 0 Å². The molecule has 1 atom stereocenters. The van der Waals surface area contributed by atoms with Crippen LogP contribution >= 0.6 is 11.6 Å². The van der Waals surface area contributed by atoms with E-state index in [9.17, 15) is 18.0 Å². The Morgan fingerprint density at radius 3 is 2.55 bits per heavy atom. The van der Waals surface area contributed by atoms with Crippen LogP contribution in [0.1, 0.15) is 25.8 Å². The van der Waals surface area contributed by atoms with E-state index >= 15 is 0 Å². The third-order valence-electron chi connectivity index (χ3n) is 2.85. The monoisotopic (exact) mass is 310 g/mol. The van der Waals surface area contributed by atoms with Crippen molar-refractivity contribution in [2.24, 2.45) is 0 Å². The number of alkyl halides is 3. The fraction of sp³-hybridized carbons (Fsp3) is 0.500. The van der Waals surface area contributed by atoms with E-state index in [0.29, 0.717) is 12.6 Å². The van der Waals surface area contributed by atoms with Crippen LogP contribution in [0.3, 0.4) is 0 Å². The third-order valence-corrected chi connectivity index (χ3v) is 3.13. The molecule has 0 aliphatic heterocycles. The summed E-state index contributed by atoms with van der Waals surface area (Å²) in [5.74, 6) is -1.07. The average Bonchev–Trinajstić information content (AvgIpc) is 2.34. The number of pyridine rings is 1. The number of halogens is 4. The number of carboxylic acid groups (broad SMARTS) is 1. The first-order valence-corrected chi connectivity index (χ1v) is 6.25. The van der Waals surface area contributed by atoms with Crippen molar-refractivity contribution in [3.8, 4) is 0 Å². The van der Waals surface area contributed by atoms with Crippen molar-refractivity contribution in [1.82, 2.24) is 4.98 Å². The topological polar surface area (TPSA) is 53.4 Å². The predicted molar refractivity (Wildman–Crippen MR) is 69.0 cm³/mol. The van der Waals surface area contributed by atoms with E-state index in [2.05, 4.69) is 4.98 Å². The predicted octanol–water partition coefficient (Wildman–Crippen LogP) is 3.44. The summed E-state index contributed by atoms with van der Waals surface area (Å²) in [5.41, 5.74) is -0.967. The Morgan fingerprint density at radius 1 is 1.55 bits per heavy atom. The number of carbonyl (C=O) groups is 1. The van der Waals surface area contributed by atoms with Gasteiger partial charge in [-0.25, -0.2) is 4.98 Å². The molecule has 1 unspecified atom stereocenters. The second kappa shape index (κ2) is 6.30. The first-order valence-electron chi connectivity index (χ1n) is 5.88. The van der Waals surface area contributed by atoms with Crippen LogP contribution in [-0.4, -0.2) is 28.6 Å². The van der Waals surface area contributed by atoms with Gasteiger partial charge in [0.25, 0.3) is 0 Å². The molecule has 1 rings (SSSR count). The number of anilines is 1. The number of hydrogen-bond donors (Lipinski definition) is 1. The zero-order valence-electron chi connectivity index (χ0n) is 10.9. The highest BCUT2D eigenvalue weighted by Crippen LogP contribution is 2.34. The van der Waals surface area contributed by atoms with E-state index in [4.69, 9.17) is 16.7 Å². The van der Waals surface area contributed by atoms with Gasteiger partial charge in [0.15, 0.2) is 0 Å². The Morgan fingerprint density at radius 2 is 2.15 bits per heavy atom. The Hall–Kier alpha value is -1.50. The number of aliphatic carboxylic acids is 1. The summed E-state index contributed by atoms with van der Waals surface area (Å²) < 4.78 is 37.6. The van der Waals surface area contributed by atoms with Crippen molar-refractivity contribution in [1.29, 1.82) is 0 Å². The molecule has 0 aliphatic carbocycles. The molecule has 8 heteroatoms. The summed E-state index contributed by atoms with van der Waals surface area (Å²) in [7, 11) is 0. The molecule has 1 aromatic rings. The van der Waals surface area contributed by atoms with Crippen LogP contribution in [-0.2, 0) is 11.0 Å². The molecule has 0 aliphatic rings. The second-order valence-corrected chi connectivity index (χ2v) is 4.71. The summed E-state index contributed by atoms with van der Waals surface area (Å²) in [4.78, 5) is 15.9. The normalized spacial score (nSPS) is 13.1. The zero-order chi connectivity index (χ0) is 15.5. The van der Waals surface area contributed by atoms with Gasteiger partial charge in [0.2, 0.25) is 0 Å². The van der Waals surface area contributed by atoms with Crippen molar-refractivity contribution in [2.45, 2.75) is 32.5 Å². The van der Waals surface area contributed by atoms with Gasteiger partial charge in [-0.05, 0) is 19.4 Å². The maximum Gasteiger partial charge on any atom is 0.417 e. The molecular weight excluding hydrogens is 297 g/mol. The first kappa shape index (κ1) is 16.6. The minimum absolute atomic E-state index is 0.0383. The summed E-state index contributed by atoms with van der Waals surface area (Å²) in [5, 5.41) is 8.65. The molecule has 20 heavy (non-hydrogen) atoms. The Balaban J connectivity index is 3.18. The average molecular weight is 311 g/mol. The van der Waals surface area contributed by atoms with Gasteiger partial charge in [0.1, 0.15) is 12.4 Å². The standard InChI is InChI=1S/C12H14ClF3N2O2/c1-3-7(2)18(6-10(19)20)11-9(13)4-8(5-17-11)12(14,15)16/h4-5,7H,3,6H2,1-2H3,(H,19,20). The van der Waals surface area contributed by atoms with Crippen molar-refractivity contribution in [3.05, 3.63) is 22.8 Å². The molecular formula is C12H14ClF3N2O2. The maximum absolute atomic E-state index is 12.5. The van der Waals surface area contributed by atoms with Gasteiger partial charge in [-0.1, -0.05) is 18.5 Å². The van der Waals surface area contributed by atoms with Gasteiger partial charge in [-0.2, -0.15) is 13.2 Å². The highest BCUT2D eigenvalue weighted by molar-refractivity contribution is 6.33. The second-order valence-electron chi connectivity index (χ2n) is 4.31. The number of carboxylic acids is 1. The van der Waals surface area contributed by atoms with Crippen LogP contribution < -0.4 is 4.90 Å². The van der Waals surface area contributed by atoms with E-state index in [-0.39, 0.29) is 23.4 Å². The third kappa shape index (κ3) is 4.00. The molecule has 0 radical (unpaired) electrons. The van der Waals surface area contributed by atoms with E-state index in [1.807, 2.05) is 6.92 Å². The van der Waals surface area contributed by atoms with E-state index < -0.39 is 17.7 Å². The van der Waals surface area contributed by atoms with Gasteiger partial charge in [-0.3, -0.25) is 4.79 Å². The molecule has 0 aromatic carbocycles. The van der Waals surface area contributed by atoms with Gasteiger partial charge < -0.3 is 10.0 Å². The first-order chi connectivity index (χ1) is 9.16. The molecule has 112 valence electrons. The summed E-state index contributed by atoms with van der Waals surface area (Å²) in [6, 6.07) is 0.536. The van der Waals surface area contributed by atoms with Crippen molar-refractivity contribution in [3.63, 3.8) is 0 Å². The fourth-order valence-electron chi connectivity index (χ4n) is 1.60. The molecule has 1 N–H and O–H groups in total. The largest absolute Gasteiger partial charge is 0.480 e. The van der Waals surface area contributed by atoms with Crippen LogP contribution in [0.2, 0.25) is 5.02 Å². The lowest BCUT2D eigenvalue weighted by Crippen LogP contribution is -2.38. The summed E-state index contributed by atoms with van der Waals surface area (Å²) >= 11 is 5.82. The van der Waals surface area contributed by atoms with Crippen LogP contribution in [0, 0.1) is 0 Å². The SMILES string of the molecule is CCC(C)N(CC(=O)O)c1ncc(C(F)(F)F)cc1Cl. The van der Waals surface area contributed by atoms with Gasteiger partial charge in [-0.15, -0.1) is 0 Å². The number of rotatable bonds is 5. The molecule has 0 fully saturated rings. The van der Waals surface area contributed by atoms with Crippen LogP contribution in [0.15, 0.2) is 12.3 Å². The smallest absolute Gasteiger partial charge is 0.417 e. The highest BCUT2D eigenvalue weighted by atomic mass is 35.5. The van der Waals surface area contributed by atoms with Gasteiger partial charge in [0.05, 0.1) is 10.6 Å². The zero-order valence-corrected chi connectivity index (χ0v) is 11.7. The Labute approximate surface area is 119 Å². The Bertz CT molecular complexity index is 494. The molecule has 0 spiro atoms. The van der Waals surface area contributed by atoms with Crippen LogP contribution in [0.4, 0.5) is 19.0 Å². The molecule has 1 aromatic heterocycles. The lowest BCUT2D eigenvalue weighted by Gasteiger charge is -2.28. The minimum Gasteiger partial charge on any atom is -0.480 e. The Kier molecular flexibility index (Phi) is 5.21. The number of aromatic nitrogens is 1. The minimum atomic E-state index is -4.54. The lowest BCUT2D eigenvalue weighted by atomic mass is 10.2. The van der Waals surface area contributed by atoms with Crippen molar-refractivity contribution < 1.29 is 23.1 Å². The molecule has 0 saturated carbocycles. The maximum atomic E-state index is 12.5. The number of nitrogens with zero attached hydrogens (tertiary/aromatic N) is 2. The summed E-state index contributed by atoms with van der Waals surface area (Å²) in [6.07, 6.45) is -3.28. The summed E-state index contributed by atoms with van der Waals surface area (Å²) in [6.45, 7) is 3.20. The van der Waals surface area contributed by atoms with E-state index in [1.165, 1.54) is 4.90 Å².